The highest BCUT2D eigenvalue weighted by molar-refractivity contribution is 6.20. The summed E-state index contributed by atoms with van der Waals surface area (Å²) < 4.78 is 5.70. The first kappa shape index (κ1) is 10.0. The van der Waals surface area contributed by atoms with Crippen molar-refractivity contribution in [3.8, 4) is 0 Å². The number of halogens is 1. The highest BCUT2D eigenvalue weighted by Gasteiger charge is 2.22. The van der Waals surface area contributed by atoms with Gasteiger partial charge in [0.05, 0.1) is 6.10 Å². The van der Waals surface area contributed by atoms with Crippen LogP contribution in [0.2, 0.25) is 0 Å². The molecule has 1 aliphatic heterocycles. The van der Waals surface area contributed by atoms with Gasteiger partial charge in [-0.15, -0.1) is 11.6 Å². The Hall–Kier alpha value is -0.530. The van der Waals surface area contributed by atoms with Crippen LogP contribution in [-0.4, -0.2) is 12.0 Å². The number of hydrogen-bond donors (Lipinski definition) is 0. The van der Waals surface area contributed by atoms with Crippen molar-refractivity contribution in [1.29, 1.82) is 0 Å². The van der Waals surface area contributed by atoms with Crippen molar-refractivity contribution in [1.82, 2.24) is 0 Å². The topological polar surface area (TPSA) is 9.23 Å². The summed E-state index contributed by atoms with van der Waals surface area (Å²) in [7, 11) is 0. The second-order valence-corrected chi connectivity index (χ2v) is 4.51. The van der Waals surface area contributed by atoms with E-state index < -0.39 is 0 Å². The van der Waals surface area contributed by atoms with Gasteiger partial charge in [0.15, 0.2) is 0 Å². The lowest BCUT2D eigenvalue weighted by molar-refractivity contribution is 0.0168. The van der Waals surface area contributed by atoms with E-state index in [1.54, 1.807) is 0 Å². The van der Waals surface area contributed by atoms with E-state index in [0.29, 0.717) is 0 Å². The summed E-state index contributed by atoms with van der Waals surface area (Å²) in [6, 6.07) is 8.47. The smallest absolute Gasteiger partial charge is 0.0839 e. The molecule has 1 aliphatic rings. The molecule has 1 heterocycles. The van der Waals surface area contributed by atoms with Gasteiger partial charge in [-0.05, 0) is 25.3 Å². The average molecular weight is 211 g/mol. The molecule has 0 saturated carbocycles. The third-order valence-electron chi connectivity index (χ3n) is 2.63. The minimum Gasteiger partial charge on any atom is -0.373 e. The van der Waals surface area contributed by atoms with Gasteiger partial charge in [0.2, 0.25) is 0 Å². The Bertz CT molecular complexity index is 311. The molecule has 2 heteroatoms. The lowest BCUT2D eigenvalue weighted by Crippen LogP contribution is -2.19. The van der Waals surface area contributed by atoms with Gasteiger partial charge in [0.25, 0.3) is 0 Å². The molecular formula is C12H15ClO. The molecule has 1 aromatic carbocycles. The summed E-state index contributed by atoms with van der Waals surface area (Å²) in [4.78, 5) is 0. The molecule has 0 amide bonds. The Morgan fingerprint density at radius 2 is 2.29 bits per heavy atom. The van der Waals surface area contributed by atoms with Crippen LogP contribution in [0.15, 0.2) is 24.3 Å². The van der Waals surface area contributed by atoms with Gasteiger partial charge in [-0.3, -0.25) is 0 Å². The van der Waals surface area contributed by atoms with E-state index >= 15 is 0 Å². The molecule has 0 N–H and O–H groups in total. The molecular weight excluding hydrogens is 196 g/mol. The Morgan fingerprint density at radius 3 is 3.00 bits per heavy atom. The van der Waals surface area contributed by atoms with Crippen molar-refractivity contribution in [2.75, 3.05) is 6.61 Å². The first-order chi connectivity index (χ1) is 6.75. The Kier molecular flexibility index (Phi) is 3.09. The lowest BCUT2D eigenvalue weighted by Gasteiger charge is -2.26. The second-order valence-electron chi connectivity index (χ2n) is 3.90. The van der Waals surface area contributed by atoms with E-state index in [0.717, 1.165) is 19.4 Å². The number of rotatable bonds is 1. The van der Waals surface area contributed by atoms with Crippen LogP contribution in [0.3, 0.4) is 0 Å². The van der Waals surface area contributed by atoms with Crippen molar-refractivity contribution in [2.45, 2.75) is 31.2 Å². The van der Waals surface area contributed by atoms with Crippen LogP contribution in [0, 0.1) is 6.92 Å². The van der Waals surface area contributed by atoms with E-state index in [9.17, 15) is 0 Å². The van der Waals surface area contributed by atoms with Gasteiger partial charge in [-0.2, -0.15) is 0 Å². The number of hydrogen-bond acceptors (Lipinski definition) is 1. The monoisotopic (exact) mass is 210 g/mol. The first-order valence-electron chi connectivity index (χ1n) is 5.08. The fourth-order valence-corrected chi connectivity index (χ4v) is 2.11. The maximum absolute atomic E-state index is 6.12. The van der Waals surface area contributed by atoms with Crippen LogP contribution in [0.1, 0.15) is 30.1 Å². The standard InChI is InChI=1S/C12H15ClO/c1-9-3-2-4-10(7-9)12-8-11(13)5-6-14-12/h2-4,7,11-12H,5-6,8H2,1H3. The molecule has 0 bridgehead atoms. The molecule has 1 nitrogen and oxygen atoms in total. The minimum absolute atomic E-state index is 0.200. The largest absolute Gasteiger partial charge is 0.373 e. The maximum atomic E-state index is 6.12. The second kappa shape index (κ2) is 4.33. The Balaban J connectivity index is 2.14. The minimum atomic E-state index is 0.200. The zero-order chi connectivity index (χ0) is 9.97. The van der Waals surface area contributed by atoms with Crippen LogP contribution in [0.5, 0.6) is 0 Å². The zero-order valence-corrected chi connectivity index (χ0v) is 9.13. The SMILES string of the molecule is Cc1cccc(C2CC(Cl)CCO2)c1. The molecule has 76 valence electrons. The summed E-state index contributed by atoms with van der Waals surface area (Å²) >= 11 is 6.12. The molecule has 14 heavy (non-hydrogen) atoms. The molecule has 2 rings (SSSR count). The predicted molar refractivity (Wildman–Crippen MR) is 58.7 cm³/mol. The summed E-state index contributed by atoms with van der Waals surface area (Å²) in [5, 5.41) is 0.272. The Labute approximate surface area is 90.0 Å². The molecule has 1 saturated heterocycles. The molecule has 0 spiro atoms. The summed E-state index contributed by atoms with van der Waals surface area (Å²) in [5.74, 6) is 0. The third-order valence-corrected chi connectivity index (χ3v) is 3.03. The third kappa shape index (κ3) is 2.28. The van der Waals surface area contributed by atoms with Crippen molar-refractivity contribution in [3.63, 3.8) is 0 Å². The lowest BCUT2D eigenvalue weighted by atomic mass is 10.00. The van der Waals surface area contributed by atoms with Gasteiger partial charge in [0.1, 0.15) is 0 Å². The van der Waals surface area contributed by atoms with E-state index in [4.69, 9.17) is 16.3 Å². The molecule has 1 aromatic rings. The number of benzene rings is 1. The number of aryl methyl sites for hydroxylation is 1. The fourth-order valence-electron chi connectivity index (χ4n) is 1.86. The van der Waals surface area contributed by atoms with Crippen LogP contribution in [-0.2, 0) is 4.74 Å². The summed E-state index contributed by atoms with van der Waals surface area (Å²) in [5.41, 5.74) is 2.54. The van der Waals surface area contributed by atoms with Crippen LogP contribution < -0.4 is 0 Å². The van der Waals surface area contributed by atoms with E-state index in [2.05, 4.69) is 31.2 Å². The molecule has 2 atom stereocenters. The molecule has 0 radical (unpaired) electrons. The van der Waals surface area contributed by atoms with Crippen LogP contribution in [0.4, 0.5) is 0 Å². The van der Waals surface area contributed by atoms with E-state index in [1.165, 1.54) is 11.1 Å². The summed E-state index contributed by atoms with van der Waals surface area (Å²) in [6.07, 6.45) is 2.11. The highest BCUT2D eigenvalue weighted by Crippen LogP contribution is 2.30. The predicted octanol–water partition coefficient (Wildman–Crippen LogP) is 3.45. The normalized spacial score (nSPS) is 27.6. The molecule has 0 aromatic heterocycles. The van der Waals surface area contributed by atoms with Crippen molar-refractivity contribution >= 4 is 11.6 Å². The average Bonchev–Trinajstić information content (AvgIpc) is 2.18. The number of alkyl halides is 1. The summed E-state index contributed by atoms with van der Waals surface area (Å²) in [6.45, 7) is 2.89. The van der Waals surface area contributed by atoms with Crippen molar-refractivity contribution in [3.05, 3.63) is 35.4 Å². The Morgan fingerprint density at radius 1 is 1.43 bits per heavy atom. The fraction of sp³-hybridized carbons (Fsp3) is 0.500. The quantitative estimate of drug-likeness (QED) is 0.646. The number of ether oxygens (including phenoxy) is 1. The molecule has 0 aliphatic carbocycles. The van der Waals surface area contributed by atoms with Crippen molar-refractivity contribution < 1.29 is 4.74 Å². The molecule has 2 unspecified atom stereocenters. The van der Waals surface area contributed by atoms with Crippen LogP contribution >= 0.6 is 11.6 Å². The van der Waals surface area contributed by atoms with Gasteiger partial charge in [-0.25, -0.2) is 0 Å². The highest BCUT2D eigenvalue weighted by atomic mass is 35.5. The van der Waals surface area contributed by atoms with Crippen LogP contribution in [0.25, 0.3) is 0 Å². The van der Waals surface area contributed by atoms with Crippen molar-refractivity contribution in [2.24, 2.45) is 0 Å². The van der Waals surface area contributed by atoms with E-state index in [-0.39, 0.29) is 11.5 Å². The van der Waals surface area contributed by atoms with Gasteiger partial charge >= 0.3 is 0 Å². The van der Waals surface area contributed by atoms with E-state index in [1.807, 2.05) is 0 Å². The molecule has 1 fully saturated rings. The van der Waals surface area contributed by atoms with Gasteiger partial charge in [-0.1, -0.05) is 29.8 Å². The van der Waals surface area contributed by atoms with Gasteiger partial charge in [0, 0.05) is 12.0 Å². The maximum Gasteiger partial charge on any atom is 0.0839 e. The zero-order valence-electron chi connectivity index (χ0n) is 8.37. The van der Waals surface area contributed by atoms with Gasteiger partial charge < -0.3 is 4.74 Å². The first-order valence-corrected chi connectivity index (χ1v) is 5.51.